The monoisotopic (exact) mass is 474 g/mol. The maximum Gasteiger partial charge on any atom is 1.00 e. The number of unbranched alkanes of at least 4 members (excludes halogenated alkanes) is 23. The molecule has 0 atom stereocenters. The fourth-order valence-corrected chi connectivity index (χ4v) is 4.59. The average Bonchev–Trinajstić information content (AvgIpc) is 2.73. The predicted molar refractivity (Wildman–Crippen MR) is 130 cm³/mol. The number of phosphoric acid groups is 1. The van der Waals surface area contributed by atoms with Crippen molar-refractivity contribution >= 4 is 7.82 Å². The van der Waals surface area contributed by atoms with Crippen LogP contribution < -0.4 is 47.5 Å². The second kappa shape index (κ2) is 31.3. The van der Waals surface area contributed by atoms with Gasteiger partial charge < -0.3 is 18.9 Å². The van der Waals surface area contributed by atoms with Crippen molar-refractivity contribution in [1.82, 2.24) is 0 Å². The van der Waals surface area contributed by atoms with Gasteiger partial charge in [-0.1, -0.05) is 155 Å². The van der Waals surface area contributed by atoms with Crippen molar-refractivity contribution in [2.75, 3.05) is 6.61 Å². The summed E-state index contributed by atoms with van der Waals surface area (Å²) in [6, 6.07) is 0. The third-order valence-corrected chi connectivity index (χ3v) is 6.75. The van der Waals surface area contributed by atoms with Crippen molar-refractivity contribution in [2.24, 2.45) is 0 Å². The molecule has 0 aromatic rings. The van der Waals surface area contributed by atoms with Gasteiger partial charge >= 0.3 is 37.7 Å². The van der Waals surface area contributed by atoms with E-state index in [2.05, 4.69) is 11.4 Å². The van der Waals surface area contributed by atoms with Crippen molar-refractivity contribution in [3.05, 3.63) is 0 Å². The molecule has 33 heavy (non-hydrogen) atoms. The second-order valence-electron chi connectivity index (χ2n) is 9.41. The van der Waals surface area contributed by atoms with E-state index in [1.807, 2.05) is 0 Å². The van der Waals surface area contributed by atoms with Crippen LogP contribution in [-0.4, -0.2) is 6.61 Å². The zero-order valence-electron chi connectivity index (χ0n) is 22.8. The molecule has 0 aromatic carbocycles. The van der Waals surface area contributed by atoms with Gasteiger partial charge in [-0.05, 0) is 6.42 Å². The molecule has 0 heterocycles. The SMILES string of the molecule is CCCCCCCCCCCCCCCCCCCCCCCCCCOP(=O)([O-])[O-].[Li+].[Li+]. The van der Waals surface area contributed by atoms with Crippen molar-refractivity contribution in [1.29, 1.82) is 0 Å². The molecule has 0 aromatic heterocycles. The first-order valence-electron chi connectivity index (χ1n) is 13.7. The zero-order valence-corrected chi connectivity index (χ0v) is 23.7. The van der Waals surface area contributed by atoms with Gasteiger partial charge in [0.2, 0.25) is 0 Å². The largest absolute Gasteiger partial charge is 1.00 e. The fraction of sp³-hybridized carbons (Fsp3) is 1.00. The Morgan fingerprint density at radius 3 is 0.879 bits per heavy atom. The van der Waals surface area contributed by atoms with Gasteiger partial charge in [0.15, 0.2) is 0 Å². The van der Waals surface area contributed by atoms with Gasteiger partial charge in [-0.2, -0.15) is 0 Å². The molecular formula is C26H53Li2O4P. The molecule has 0 unspecified atom stereocenters. The predicted octanol–water partition coefficient (Wildman–Crippen LogP) is 2.22. The Bertz CT molecular complexity index is 394. The average molecular weight is 475 g/mol. The Morgan fingerprint density at radius 1 is 0.455 bits per heavy atom. The van der Waals surface area contributed by atoms with E-state index in [4.69, 9.17) is 0 Å². The molecule has 0 aliphatic rings. The molecule has 0 aliphatic carbocycles. The second-order valence-corrected chi connectivity index (χ2v) is 10.6. The van der Waals surface area contributed by atoms with E-state index in [-0.39, 0.29) is 44.3 Å². The molecule has 0 bridgehead atoms. The Labute approximate surface area is 231 Å². The van der Waals surface area contributed by atoms with Gasteiger partial charge in [-0.25, -0.2) is 0 Å². The van der Waals surface area contributed by atoms with Crippen LogP contribution in [0.1, 0.15) is 161 Å². The minimum Gasteiger partial charge on any atom is -0.790 e. The van der Waals surface area contributed by atoms with Crippen molar-refractivity contribution in [2.45, 2.75) is 161 Å². The van der Waals surface area contributed by atoms with Gasteiger partial charge in [0, 0.05) is 0 Å². The van der Waals surface area contributed by atoms with Crippen LogP contribution in [0.4, 0.5) is 0 Å². The number of phosphoric ester groups is 1. The van der Waals surface area contributed by atoms with E-state index in [9.17, 15) is 14.4 Å². The topological polar surface area (TPSA) is 72.4 Å². The summed E-state index contributed by atoms with van der Waals surface area (Å²) in [6.45, 7) is 2.33. The Kier molecular flexibility index (Phi) is 36.9. The smallest absolute Gasteiger partial charge is 0.790 e. The number of hydrogen-bond donors (Lipinski definition) is 0. The van der Waals surface area contributed by atoms with Crippen LogP contribution in [0.3, 0.4) is 0 Å². The molecule has 0 amide bonds. The van der Waals surface area contributed by atoms with E-state index in [1.165, 1.54) is 135 Å². The molecule has 0 saturated heterocycles. The Morgan fingerprint density at radius 2 is 0.667 bits per heavy atom. The van der Waals surface area contributed by atoms with E-state index in [1.54, 1.807) is 0 Å². The maximum atomic E-state index is 10.3. The minimum atomic E-state index is -4.76. The van der Waals surface area contributed by atoms with E-state index in [0.29, 0.717) is 6.42 Å². The first kappa shape index (κ1) is 38.8. The van der Waals surface area contributed by atoms with E-state index >= 15 is 0 Å². The zero-order chi connectivity index (χ0) is 22.9. The summed E-state index contributed by atoms with van der Waals surface area (Å²) in [5.41, 5.74) is 0. The molecule has 0 N–H and O–H groups in total. The summed E-state index contributed by atoms with van der Waals surface area (Å²) in [5.74, 6) is 0. The Hall–Kier alpha value is 1.30. The normalized spacial score (nSPS) is 11.2. The van der Waals surface area contributed by atoms with Gasteiger partial charge in [0.05, 0.1) is 14.4 Å². The van der Waals surface area contributed by atoms with Crippen LogP contribution in [0, 0.1) is 0 Å². The molecule has 0 spiro atoms. The molecular weight excluding hydrogens is 421 g/mol. The molecule has 7 heteroatoms. The summed E-state index contributed by atoms with van der Waals surface area (Å²) < 4.78 is 14.5. The first-order valence-corrected chi connectivity index (χ1v) is 15.2. The van der Waals surface area contributed by atoms with Gasteiger partial charge in [-0.3, -0.25) is 0 Å². The quantitative estimate of drug-likeness (QED) is 0.110. The third-order valence-electron chi connectivity index (χ3n) is 6.25. The van der Waals surface area contributed by atoms with Crippen molar-refractivity contribution in [3.63, 3.8) is 0 Å². The molecule has 4 nitrogen and oxygen atoms in total. The van der Waals surface area contributed by atoms with Crippen LogP contribution in [-0.2, 0) is 9.09 Å². The molecule has 0 radical (unpaired) electrons. The third kappa shape index (κ3) is 38.0. The summed E-state index contributed by atoms with van der Waals surface area (Å²) in [6.07, 6.45) is 32.1. The van der Waals surface area contributed by atoms with Crippen LogP contribution in [0.25, 0.3) is 0 Å². The van der Waals surface area contributed by atoms with Crippen molar-refractivity contribution < 1.29 is 56.6 Å². The fourth-order valence-electron chi connectivity index (χ4n) is 4.24. The van der Waals surface area contributed by atoms with Crippen LogP contribution in [0.15, 0.2) is 0 Å². The van der Waals surface area contributed by atoms with E-state index < -0.39 is 7.82 Å². The van der Waals surface area contributed by atoms with E-state index in [0.717, 1.165) is 12.8 Å². The van der Waals surface area contributed by atoms with Gasteiger partial charge in [-0.15, -0.1) is 0 Å². The summed E-state index contributed by atoms with van der Waals surface area (Å²) in [4.78, 5) is 20.6. The first-order chi connectivity index (χ1) is 15.1. The molecule has 0 saturated carbocycles. The standard InChI is InChI=1S/C26H55O4P.2Li/c1-2-3-4-5-6-7-8-9-10-11-12-13-14-15-16-17-18-19-20-21-22-23-24-25-26-30-31(27,28)29;;/h2-26H2,1H3,(H2,27,28,29);;/q;2*+1/p-2. The Balaban J connectivity index is -0.00000450. The van der Waals surface area contributed by atoms with Crippen LogP contribution in [0.5, 0.6) is 0 Å². The van der Waals surface area contributed by atoms with Crippen LogP contribution in [0.2, 0.25) is 0 Å². The maximum absolute atomic E-state index is 10.3. The van der Waals surface area contributed by atoms with Gasteiger partial charge in [0.1, 0.15) is 0 Å². The molecule has 188 valence electrons. The summed E-state index contributed by atoms with van der Waals surface area (Å²) >= 11 is 0. The number of rotatable bonds is 26. The summed E-state index contributed by atoms with van der Waals surface area (Å²) in [7, 11) is -4.76. The van der Waals surface area contributed by atoms with Crippen molar-refractivity contribution in [3.8, 4) is 0 Å². The number of hydrogen-bond acceptors (Lipinski definition) is 4. The minimum absolute atomic E-state index is 0. The van der Waals surface area contributed by atoms with Gasteiger partial charge in [0.25, 0.3) is 0 Å². The molecule has 0 aliphatic heterocycles. The van der Waals surface area contributed by atoms with Crippen LogP contribution >= 0.6 is 7.82 Å². The summed E-state index contributed by atoms with van der Waals surface area (Å²) in [5, 5.41) is 0. The molecule has 0 rings (SSSR count). The molecule has 0 fully saturated rings.